The normalized spacial score (nSPS) is 14.4. The molecule has 0 spiro atoms. The van der Waals surface area contributed by atoms with Crippen LogP contribution < -0.4 is 9.47 Å². The predicted octanol–water partition coefficient (Wildman–Crippen LogP) is 7.14. The maximum absolute atomic E-state index is 9.40. The van der Waals surface area contributed by atoms with Gasteiger partial charge in [0.2, 0.25) is 5.28 Å². The number of aromatic nitrogens is 5. The van der Waals surface area contributed by atoms with E-state index in [9.17, 15) is 5.11 Å². The number of hydrogen-bond donors (Lipinski definition) is 1. The van der Waals surface area contributed by atoms with Gasteiger partial charge >= 0.3 is 0 Å². The van der Waals surface area contributed by atoms with E-state index in [1.54, 1.807) is 24.7 Å². The Morgan fingerprint density at radius 2 is 1.86 bits per heavy atom. The molecule has 0 radical (unpaired) electrons. The lowest BCUT2D eigenvalue weighted by molar-refractivity contribution is 0.0899. The second kappa shape index (κ2) is 12.0. The van der Waals surface area contributed by atoms with Gasteiger partial charge in [0.05, 0.1) is 29.9 Å². The number of ether oxygens (including phenoxy) is 3. The summed E-state index contributed by atoms with van der Waals surface area (Å²) in [7, 11) is -1.22. The summed E-state index contributed by atoms with van der Waals surface area (Å²) in [6.45, 7) is 8.28. The van der Waals surface area contributed by atoms with Gasteiger partial charge in [-0.25, -0.2) is 4.98 Å². The van der Waals surface area contributed by atoms with Gasteiger partial charge in [0, 0.05) is 38.0 Å². The molecule has 1 aliphatic rings. The number of pyridine rings is 2. The molecule has 5 aromatic rings. The maximum Gasteiger partial charge on any atom is 0.225 e. The summed E-state index contributed by atoms with van der Waals surface area (Å²) in [5, 5.41) is 11.4. The highest BCUT2D eigenvalue weighted by atomic mass is 35.5. The molecule has 4 aromatic heterocycles. The number of hydrogen-bond acceptors (Lipinski definition) is 8. The molecule has 0 saturated heterocycles. The lowest BCUT2D eigenvalue weighted by atomic mass is 10.0. The van der Waals surface area contributed by atoms with Crippen molar-refractivity contribution < 1.29 is 19.3 Å². The van der Waals surface area contributed by atoms with E-state index in [1.165, 1.54) is 0 Å². The summed E-state index contributed by atoms with van der Waals surface area (Å²) in [6.07, 6.45) is 8.73. The van der Waals surface area contributed by atoms with Crippen molar-refractivity contribution in [3.63, 3.8) is 0 Å². The van der Waals surface area contributed by atoms with E-state index in [0.29, 0.717) is 48.0 Å². The van der Waals surface area contributed by atoms with Crippen molar-refractivity contribution in [2.75, 3.05) is 13.2 Å². The Morgan fingerprint density at radius 1 is 1.02 bits per heavy atom. The van der Waals surface area contributed by atoms with Crippen molar-refractivity contribution in [3.8, 4) is 22.6 Å². The molecule has 1 fully saturated rings. The lowest BCUT2D eigenvalue weighted by Gasteiger charge is -2.19. The van der Waals surface area contributed by atoms with Crippen molar-refractivity contribution >= 4 is 53.2 Å². The van der Waals surface area contributed by atoms with E-state index >= 15 is 0 Å². The molecule has 9 nitrogen and oxygen atoms in total. The van der Waals surface area contributed by atoms with Crippen molar-refractivity contribution in [2.24, 2.45) is 0 Å². The number of aliphatic hydroxyl groups is 1. The van der Waals surface area contributed by atoms with Crippen LogP contribution in [0, 0.1) is 0 Å². The Hall–Kier alpha value is -3.28. The molecule has 0 amide bonds. The van der Waals surface area contributed by atoms with Gasteiger partial charge in [0.25, 0.3) is 0 Å². The molecule has 0 bridgehead atoms. The number of halogens is 2. The standard InChI is InChI=1S/C31H33Cl2N5O4Si/c1-43(2,3)9-8-40-19-38-16-25(27-28(32)36-30(33)37-29(27)38)21-4-5-26-22(11-21)12-23(15-35-26)41-18-31(6-7-31)42-24-10-20(17-39)13-34-14-24/h4-5,10-16,39H,6-9,17-19H2,1-3H3. The van der Waals surface area contributed by atoms with Gasteiger partial charge in [-0.2, -0.15) is 4.98 Å². The van der Waals surface area contributed by atoms with E-state index in [-0.39, 0.29) is 17.0 Å². The van der Waals surface area contributed by atoms with Crippen LogP contribution in [-0.2, 0) is 18.1 Å². The Balaban J connectivity index is 1.23. The molecule has 1 saturated carbocycles. The largest absolute Gasteiger partial charge is 0.488 e. The smallest absolute Gasteiger partial charge is 0.225 e. The minimum atomic E-state index is -1.22. The minimum Gasteiger partial charge on any atom is -0.488 e. The number of nitrogens with zero attached hydrogens (tertiary/aromatic N) is 5. The predicted molar refractivity (Wildman–Crippen MR) is 171 cm³/mol. The number of rotatable bonds is 12. The van der Waals surface area contributed by atoms with Gasteiger partial charge in [-0.15, -0.1) is 0 Å². The fourth-order valence-electron chi connectivity index (χ4n) is 4.82. The van der Waals surface area contributed by atoms with E-state index in [2.05, 4.69) is 45.6 Å². The lowest BCUT2D eigenvalue weighted by Crippen LogP contribution is -2.27. The summed E-state index contributed by atoms with van der Waals surface area (Å²) in [6, 6.07) is 10.9. The topological polar surface area (TPSA) is 104 Å². The molecule has 4 heterocycles. The van der Waals surface area contributed by atoms with E-state index in [1.807, 2.05) is 29.0 Å². The van der Waals surface area contributed by atoms with E-state index in [0.717, 1.165) is 40.9 Å². The molecule has 224 valence electrons. The third-order valence-electron chi connectivity index (χ3n) is 7.44. The van der Waals surface area contributed by atoms with Crippen LogP contribution in [0.3, 0.4) is 0 Å². The molecule has 0 atom stereocenters. The molecule has 1 aliphatic carbocycles. The Kier molecular flexibility index (Phi) is 8.32. The van der Waals surface area contributed by atoms with E-state index < -0.39 is 13.7 Å². The summed E-state index contributed by atoms with van der Waals surface area (Å²) in [4.78, 5) is 17.5. The van der Waals surface area contributed by atoms with Gasteiger partial charge in [-0.1, -0.05) is 37.3 Å². The van der Waals surface area contributed by atoms with Crippen LogP contribution >= 0.6 is 23.2 Å². The summed E-state index contributed by atoms with van der Waals surface area (Å²) in [5.41, 5.74) is 3.56. The highest BCUT2D eigenvalue weighted by molar-refractivity contribution is 6.76. The second-order valence-electron chi connectivity index (χ2n) is 12.2. The first-order valence-electron chi connectivity index (χ1n) is 14.2. The van der Waals surface area contributed by atoms with Gasteiger partial charge in [0.1, 0.15) is 41.2 Å². The molecule has 6 rings (SSSR count). The Labute approximate surface area is 260 Å². The Bertz CT molecular complexity index is 1790. The van der Waals surface area contributed by atoms with Crippen LogP contribution in [0.2, 0.25) is 36.1 Å². The molecule has 43 heavy (non-hydrogen) atoms. The maximum atomic E-state index is 9.40. The van der Waals surface area contributed by atoms with Crippen LogP contribution in [0.15, 0.2) is 55.1 Å². The monoisotopic (exact) mass is 637 g/mol. The minimum absolute atomic E-state index is 0.0849. The van der Waals surface area contributed by atoms with Gasteiger partial charge in [-0.3, -0.25) is 9.97 Å². The number of aliphatic hydroxyl groups excluding tert-OH is 1. The van der Waals surface area contributed by atoms with E-state index in [4.69, 9.17) is 37.4 Å². The second-order valence-corrected chi connectivity index (χ2v) is 18.5. The third-order valence-corrected chi connectivity index (χ3v) is 9.58. The molecular formula is C31H33Cl2N5O4Si. The third kappa shape index (κ3) is 6.94. The quantitative estimate of drug-likeness (QED) is 0.0666. The molecule has 1 aromatic carbocycles. The molecule has 1 N–H and O–H groups in total. The van der Waals surface area contributed by atoms with Gasteiger partial charge in [-0.05, 0) is 65.9 Å². The summed E-state index contributed by atoms with van der Waals surface area (Å²) in [5.74, 6) is 1.27. The zero-order valence-electron chi connectivity index (χ0n) is 24.3. The van der Waals surface area contributed by atoms with Crippen LogP contribution in [0.4, 0.5) is 0 Å². The fourth-order valence-corrected chi connectivity index (χ4v) is 6.05. The van der Waals surface area contributed by atoms with Gasteiger partial charge < -0.3 is 23.9 Å². The summed E-state index contributed by atoms with van der Waals surface area (Å²) < 4.78 is 20.3. The molecule has 12 heteroatoms. The zero-order valence-corrected chi connectivity index (χ0v) is 26.8. The van der Waals surface area contributed by atoms with Crippen LogP contribution in [0.1, 0.15) is 18.4 Å². The molecular weight excluding hydrogens is 605 g/mol. The number of benzene rings is 1. The van der Waals surface area contributed by atoms with Crippen LogP contribution in [0.25, 0.3) is 33.1 Å². The number of fused-ring (bicyclic) bond motifs is 2. The van der Waals surface area contributed by atoms with Crippen LogP contribution in [-0.4, -0.2) is 56.5 Å². The first-order valence-corrected chi connectivity index (χ1v) is 18.6. The van der Waals surface area contributed by atoms with Crippen molar-refractivity contribution in [1.82, 2.24) is 24.5 Å². The first-order chi connectivity index (χ1) is 20.6. The highest BCUT2D eigenvalue weighted by Crippen LogP contribution is 2.41. The Morgan fingerprint density at radius 3 is 2.63 bits per heavy atom. The van der Waals surface area contributed by atoms with Crippen molar-refractivity contribution in [3.05, 3.63) is 71.1 Å². The fraction of sp³-hybridized carbons (Fsp3) is 0.355. The summed E-state index contributed by atoms with van der Waals surface area (Å²) >= 11 is 12.8. The molecule has 0 unspecified atom stereocenters. The van der Waals surface area contributed by atoms with Crippen molar-refractivity contribution in [1.29, 1.82) is 0 Å². The van der Waals surface area contributed by atoms with Gasteiger partial charge in [0.15, 0.2) is 0 Å². The average Bonchev–Trinajstić information content (AvgIpc) is 3.64. The average molecular weight is 639 g/mol. The van der Waals surface area contributed by atoms with Crippen LogP contribution in [0.5, 0.6) is 11.5 Å². The zero-order chi connectivity index (χ0) is 30.2. The highest BCUT2D eigenvalue weighted by Gasteiger charge is 2.46. The SMILES string of the molecule is C[Si](C)(C)CCOCn1cc(-c2ccc3ncc(OCC4(Oc5cncc(CO)c5)CC4)cc3c2)c2c(Cl)nc(Cl)nc21. The van der Waals surface area contributed by atoms with Crippen molar-refractivity contribution in [2.45, 2.75) is 57.5 Å². The molecule has 0 aliphatic heterocycles. The first kappa shape index (κ1) is 29.8.